The van der Waals surface area contributed by atoms with Crippen LogP contribution < -0.4 is 0 Å². The number of hydrogen-bond acceptors (Lipinski definition) is 3. The van der Waals surface area contributed by atoms with E-state index in [-0.39, 0.29) is 29.5 Å². The first kappa shape index (κ1) is 17.4. The zero-order valence-corrected chi connectivity index (χ0v) is 14.8. The van der Waals surface area contributed by atoms with Gasteiger partial charge in [-0.15, -0.1) is 0 Å². The van der Waals surface area contributed by atoms with Gasteiger partial charge in [0.15, 0.2) is 0 Å². The number of aliphatic hydroxyl groups excluding tert-OH is 2. The van der Waals surface area contributed by atoms with Gasteiger partial charge in [0.05, 0.1) is 12.2 Å². The van der Waals surface area contributed by atoms with Gasteiger partial charge in [-0.25, -0.2) is 0 Å². The largest absolute Gasteiger partial charge is 0.393 e. The van der Waals surface area contributed by atoms with Gasteiger partial charge in [-0.2, -0.15) is 0 Å². The first-order valence-electron chi connectivity index (χ1n) is 9.84. The van der Waals surface area contributed by atoms with E-state index in [1.165, 1.54) is 32.1 Å². The fourth-order valence-electron chi connectivity index (χ4n) is 6.02. The molecule has 3 aliphatic rings. The summed E-state index contributed by atoms with van der Waals surface area (Å²) >= 11 is 0. The Morgan fingerprint density at radius 1 is 1.22 bits per heavy atom. The monoisotopic (exact) mass is 322 g/mol. The van der Waals surface area contributed by atoms with Crippen molar-refractivity contribution >= 4 is 5.78 Å². The number of hydrogen-bond donors (Lipinski definition) is 2. The molecule has 0 aromatic carbocycles. The van der Waals surface area contributed by atoms with E-state index in [0.717, 1.165) is 32.1 Å². The van der Waals surface area contributed by atoms with Crippen LogP contribution in [0.15, 0.2) is 0 Å². The lowest BCUT2D eigenvalue weighted by molar-refractivity contribution is -0.175. The lowest BCUT2D eigenvalue weighted by atomic mass is 9.45. The van der Waals surface area contributed by atoms with E-state index in [0.29, 0.717) is 17.6 Å². The molecule has 2 N–H and O–H groups in total. The minimum absolute atomic E-state index is 0.0930. The molecule has 3 nitrogen and oxygen atoms in total. The summed E-state index contributed by atoms with van der Waals surface area (Å²) in [6.07, 6.45) is 10.2. The lowest BCUT2D eigenvalue weighted by Crippen LogP contribution is -2.62. The summed E-state index contributed by atoms with van der Waals surface area (Å²) in [7, 11) is 0. The molecule has 3 heteroatoms. The highest BCUT2D eigenvalue weighted by Crippen LogP contribution is 2.59. The van der Waals surface area contributed by atoms with Gasteiger partial charge in [0.25, 0.3) is 0 Å². The quantitative estimate of drug-likeness (QED) is 0.811. The minimum Gasteiger partial charge on any atom is -0.393 e. The number of carbonyl (C=O) groups excluding carboxylic acids is 1. The Bertz CT molecular complexity index is 429. The fraction of sp³-hybridized carbons (Fsp3) is 0.950. The normalized spacial score (nSPS) is 42.9. The zero-order valence-electron chi connectivity index (χ0n) is 14.8. The smallest absolute Gasteiger partial charge is 0.142 e. The van der Waals surface area contributed by atoms with Crippen LogP contribution in [0.4, 0.5) is 0 Å². The molecular weight excluding hydrogens is 288 g/mol. The molecule has 0 aromatic rings. The SMILES string of the molecule is CC1C(=O)[C@@]2(C)CC[C@@H](O)[C@H](CC[C@@H](O)CC3CCCCC3)[C@@H]12. The highest BCUT2D eigenvalue weighted by atomic mass is 16.3. The van der Waals surface area contributed by atoms with Gasteiger partial charge < -0.3 is 10.2 Å². The van der Waals surface area contributed by atoms with Crippen molar-refractivity contribution in [3.8, 4) is 0 Å². The van der Waals surface area contributed by atoms with Crippen LogP contribution in [0, 0.1) is 29.1 Å². The van der Waals surface area contributed by atoms with Crippen molar-refractivity contribution in [1.29, 1.82) is 0 Å². The summed E-state index contributed by atoms with van der Waals surface area (Å²) in [4.78, 5) is 12.2. The summed E-state index contributed by atoms with van der Waals surface area (Å²) in [6.45, 7) is 4.12. The van der Waals surface area contributed by atoms with Crippen molar-refractivity contribution in [3.05, 3.63) is 0 Å². The second kappa shape index (κ2) is 6.84. The molecule has 0 aromatic heterocycles. The Kier molecular flexibility index (Phi) is 5.18. The van der Waals surface area contributed by atoms with Gasteiger partial charge in [0.1, 0.15) is 5.78 Å². The predicted molar refractivity (Wildman–Crippen MR) is 90.9 cm³/mol. The number of carbonyl (C=O) groups is 1. The highest BCUT2D eigenvalue weighted by molar-refractivity contribution is 5.93. The van der Waals surface area contributed by atoms with E-state index in [1.54, 1.807) is 0 Å². The van der Waals surface area contributed by atoms with Crippen LogP contribution in [0.1, 0.15) is 78.1 Å². The van der Waals surface area contributed by atoms with Crippen molar-refractivity contribution in [3.63, 3.8) is 0 Å². The van der Waals surface area contributed by atoms with Gasteiger partial charge >= 0.3 is 0 Å². The predicted octanol–water partition coefficient (Wildman–Crippen LogP) is 3.71. The summed E-state index contributed by atoms with van der Waals surface area (Å²) in [5.41, 5.74) is -0.197. The van der Waals surface area contributed by atoms with Crippen molar-refractivity contribution in [2.24, 2.45) is 29.1 Å². The van der Waals surface area contributed by atoms with Crippen molar-refractivity contribution in [2.45, 2.75) is 90.3 Å². The van der Waals surface area contributed by atoms with Crippen molar-refractivity contribution in [2.75, 3.05) is 0 Å². The molecule has 0 amide bonds. The molecule has 0 radical (unpaired) electrons. The van der Waals surface area contributed by atoms with E-state index in [2.05, 4.69) is 6.92 Å². The molecule has 0 bridgehead atoms. The standard InChI is InChI=1S/C20H34O3/c1-13-18-16(17(22)10-11-20(18,2)19(13)23)9-8-15(21)12-14-6-4-3-5-7-14/h13-18,21-22H,3-12H2,1-2H3/t13?,15-,16+,17-,18-,20+/m1/s1. The molecule has 3 saturated carbocycles. The Morgan fingerprint density at radius 3 is 2.61 bits per heavy atom. The molecule has 0 heterocycles. The number of rotatable bonds is 5. The molecule has 3 rings (SSSR count). The maximum absolute atomic E-state index is 12.2. The van der Waals surface area contributed by atoms with Crippen LogP contribution in [-0.2, 0) is 4.79 Å². The maximum atomic E-state index is 12.2. The Balaban J connectivity index is 1.52. The van der Waals surface area contributed by atoms with Crippen LogP contribution in [-0.4, -0.2) is 28.2 Å². The van der Waals surface area contributed by atoms with E-state index < -0.39 is 0 Å². The topological polar surface area (TPSA) is 57.5 Å². The molecule has 132 valence electrons. The Hall–Kier alpha value is -0.410. The van der Waals surface area contributed by atoms with Crippen LogP contribution in [0.2, 0.25) is 0 Å². The molecule has 6 atom stereocenters. The first-order valence-corrected chi connectivity index (χ1v) is 9.84. The van der Waals surface area contributed by atoms with E-state index in [9.17, 15) is 15.0 Å². The third kappa shape index (κ3) is 3.24. The average Bonchev–Trinajstić information content (AvgIpc) is 2.55. The molecule has 1 unspecified atom stereocenters. The van der Waals surface area contributed by atoms with Crippen LogP contribution in [0.25, 0.3) is 0 Å². The number of fused-ring (bicyclic) bond motifs is 1. The fourth-order valence-corrected chi connectivity index (χ4v) is 6.02. The Labute approximate surface area is 140 Å². The number of Topliss-reactive ketones (excluding diaryl/α,β-unsaturated/α-hetero) is 1. The van der Waals surface area contributed by atoms with Gasteiger partial charge in [-0.3, -0.25) is 4.79 Å². The second-order valence-electron chi connectivity index (χ2n) is 8.84. The van der Waals surface area contributed by atoms with Crippen LogP contribution in [0.5, 0.6) is 0 Å². The number of aliphatic hydroxyl groups is 2. The summed E-state index contributed by atoms with van der Waals surface area (Å²) in [5, 5.41) is 20.9. The highest BCUT2D eigenvalue weighted by Gasteiger charge is 2.61. The molecule has 23 heavy (non-hydrogen) atoms. The molecule has 0 saturated heterocycles. The van der Waals surface area contributed by atoms with Crippen LogP contribution in [0.3, 0.4) is 0 Å². The van der Waals surface area contributed by atoms with Gasteiger partial charge in [-0.05, 0) is 49.9 Å². The van der Waals surface area contributed by atoms with Crippen molar-refractivity contribution in [1.82, 2.24) is 0 Å². The maximum Gasteiger partial charge on any atom is 0.142 e. The molecule has 3 aliphatic carbocycles. The molecule has 0 spiro atoms. The molecule has 0 aliphatic heterocycles. The average molecular weight is 322 g/mol. The van der Waals surface area contributed by atoms with E-state index in [4.69, 9.17) is 0 Å². The summed E-state index contributed by atoms with van der Waals surface area (Å²) in [5.74, 6) is 1.70. The second-order valence-corrected chi connectivity index (χ2v) is 8.84. The third-order valence-corrected chi connectivity index (χ3v) is 7.33. The summed E-state index contributed by atoms with van der Waals surface area (Å²) in [6, 6.07) is 0. The van der Waals surface area contributed by atoms with E-state index in [1.807, 2.05) is 6.92 Å². The molecular formula is C20H34O3. The van der Waals surface area contributed by atoms with Gasteiger partial charge in [0.2, 0.25) is 0 Å². The lowest BCUT2D eigenvalue weighted by Gasteiger charge is -2.58. The zero-order chi connectivity index (χ0) is 16.6. The third-order valence-electron chi connectivity index (χ3n) is 7.33. The minimum atomic E-state index is -0.287. The van der Waals surface area contributed by atoms with Crippen LogP contribution >= 0.6 is 0 Å². The van der Waals surface area contributed by atoms with Crippen molar-refractivity contribution < 1.29 is 15.0 Å². The van der Waals surface area contributed by atoms with E-state index >= 15 is 0 Å². The summed E-state index contributed by atoms with van der Waals surface area (Å²) < 4.78 is 0. The number of ketones is 1. The Morgan fingerprint density at radius 2 is 1.91 bits per heavy atom. The first-order chi connectivity index (χ1) is 10.9. The molecule has 3 fully saturated rings. The van der Waals surface area contributed by atoms with Gasteiger partial charge in [-0.1, -0.05) is 46.0 Å². The van der Waals surface area contributed by atoms with Gasteiger partial charge in [0, 0.05) is 11.3 Å².